The lowest BCUT2D eigenvalue weighted by atomic mass is 9.93. The quantitative estimate of drug-likeness (QED) is 0.629. The number of hydrogen-bond acceptors (Lipinski definition) is 3. The Morgan fingerprint density at radius 3 is 2.48 bits per heavy atom. The van der Waals surface area contributed by atoms with E-state index in [-0.39, 0.29) is 17.4 Å². The predicted molar refractivity (Wildman–Crippen MR) is 124 cm³/mol. The van der Waals surface area contributed by atoms with Gasteiger partial charge in [0.2, 0.25) is 5.91 Å². The van der Waals surface area contributed by atoms with Crippen LogP contribution in [0.2, 0.25) is 0 Å². The van der Waals surface area contributed by atoms with E-state index in [1.807, 2.05) is 18.2 Å². The lowest BCUT2D eigenvalue weighted by Gasteiger charge is -2.36. The number of hydrogen-bond donors (Lipinski definition) is 1. The van der Waals surface area contributed by atoms with Crippen LogP contribution in [-0.2, 0) is 17.9 Å². The third kappa shape index (κ3) is 3.81. The summed E-state index contributed by atoms with van der Waals surface area (Å²) in [5.41, 5.74) is 4.96. The number of thiocarbonyl (C=S) groups is 1. The summed E-state index contributed by atoms with van der Waals surface area (Å²) in [5, 5.41) is 10.9. The van der Waals surface area contributed by atoms with E-state index in [2.05, 4.69) is 34.6 Å². The van der Waals surface area contributed by atoms with Crippen LogP contribution in [0, 0.1) is 0 Å². The third-order valence-corrected chi connectivity index (χ3v) is 6.55. The molecule has 1 atom stereocenters. The normalized spacial score (nSPS) is 15.6. The zero-order chi connectivity index (χ0) is 22.3. The molecule has 1 aliphatic heterocycles. The largest absolute Gasteiger partial charge is 0.478 e. The number of para-hydroxylation sites is 1. The van der Waals surface area contributed by atoms with E-state index in [0.29, 0.717) is 18.2 Å². The molecule has 1 unspecified atom stereocenters. The average molecular weight is 436 g/mol. The molecule has 6 nitrogen and oxygen atoms in total. The number of carbonyl (C=O) groups excluding carboxylic acids is 1. The van der Waals surface area contributed by atoms with Gasteiger partial charge in [-0.05, 0) is 41.5 Å². The zero-order valence-corrected chi connectivity index (χ0v) is 18.6. The summed E-state index contributed by atoms with van der Waals surface area (Å²) in [4.78, 5) is 26.6. The van der Waals surface area contributed by atoms with Crippen molar-refractivity contribution in [1.82, 2.24) is 14.4 Å². The van der Waals surface area contributed by atoms with Crippen molar-refractivity contribution >= 4 is 40.1 Å². The fourth-order valence-electron chi connectivity index (χ4n) is 4.38. The van der Waals surface area contributed by atoms with Crippen LogP contribution in [0.25, 0.3) is 10.9 Å². The molecule has 0 fully saturated rings. The molecule has 1 amide bonds. The second kappa shape index (κ2) is 8.15. The van der Waals surface area contributed by atoms with Crippen molar-refractivity contribution in [3.63, 3.8) is 0 Å². The van der Waals surface area contributed by atoms with E-state index in [1.54, 1.807) is 19.2 Å². The molecule has 0 spiro atoms. The van der Waals surface area contributed by atoms with Gasteiger partial charge in [0.15, 0.2) is 5.11 Å². The number of carbonyl (C=O) groups is 2. The highest BCUT2D eigenvalue weighted by atomic mass is 32.1. The Balaban J connectivity index is 1.76. The molecule has 1 aromatic heterocycles. The second-order valence-corrected chi connectivity index (χ2v) is 8.47. The summed E-state index contributed by atoms with van der Waals surface area (Å²) in [6.45, 7) is 5.72. The van der Waals surface area contributed by atoms with Crippen LogP contribution in [0.4, 0.5) is 0 Å². The molecule has 7 heteroatoms. The van der Waals surface area contributed by atoms with Gasteiger partial charge in [-0.1, -0.05) is 37.3 Å². The van der Waals surface area contributed by atoms with Gasteiger partial charge in [-0.15, -0.1) is 0 Å². The smallest absolute Gasteiger partial charge is 0.335 e. The number of amides is 1. The fraction of sp³-hybridized carbons (Fsp3) is 0.292. The summed E-state index contributed by atoms with van der Waals surface area (Å²) in [7, 11) is 1.71. The van der Waals surface area contributed by atoms with Crippen LogP contribution >= 0.6 is 12.2 Å². The highest BCUT2D eigenvalue weighted by Crippen LogP contribution is 2.37. The topological polar surface area (TPSA) is 65.8 Å². The van der Waals surface area contributed by atoms with Crippen molar-refractivity contribution in [2.45, 2.75) is 32.9 Å². The number of fused-ring (bicyclic) bond motifs is 3. The lowest BCUT2D eigenvalue weighted by Crippen LogP contribution is -2.46. The predicted octanol–water partition coefficient (Wildman–Crippen LogP) is 4.07. The van der Waals surface area contributed by atoms with E-state index in [9.17, 15) is 14.7 Å². The van der Waals surface area contributed by atoms with Crippen molar-refractivity contribution in [2.75, 3.05) is 13.6 Å². The minimum absolute atomic E-state index is 0.0810. The molecular formula is C24H25N3O3S. The number of carboxylic acids is 1. The maximum Gasteiger partial charge on any atom is 0.335 e. The molecule has 0 radical (unpaired) electrons. The molecule has 0 aliphatic carbocycles. The first kappa shape index (κ1) is 21.1. The lowest BCUT2D eigenvalue weighted by molar-refractivity contribution is -0.124. The summed E-state index contributed by atoms with van der Waals surface area (Å²) < 4.78 is 2.29. The van der Waals surface area contributed by atoms with Crippen LogP contribution in [0.5, 0.6) is 0 Å². The van der Waals surface area contributed by atoms with Crippen LogP contribution in [0.1, 0.15) is 46.9 Å². The summed E-state index contributed by atoms with van der Waals surface area (Å²) in [6.07, 6.45) is 0. The molecular weight excluding hydrogens is 410 g/mol. The minimum atomic E-state index is -0.928. The van der Waals surface area contributed by atoms with Gasteiger partial charge in [-0.2, -0.15) is 0 Å². The average Bonchev–Trinajstić information content (AvgIpc) is 3.07. The van der Waals surface area contributed by atoms with Gasteiger partial charge < -0.3 is 14.6 Å². The molecule has 3 aromatic rings. The van der Waals surface area contributed by atoms with Crippen LogP contribution in [0.15, 0.2) is 48.5 Å². The standard InChI is InChI=1S/C24H25N3O3S/c1-15-12-26(24(31)25(3)16(2)28)14-21-22(15)19-6-4-5-7-20(19)27(21)13-17-8-10-18(11-9-17)23(29)30/h4-11,15H,12-14H2,1-3H3,(H,29,30). The Morgan fingerprint density at radius 1 is 1.16 bits per heavy atom. The van der Waals surface area contributed by atoms with E-state index in [1.165, 1.54) is 28.5 Å². The van der Waals surface area contributed by atoms with Crippen LogP contribution < -0.4 is 0 Å². The van der Waals surface area contributed by atoms with Crippen molar-refractivity contribution < 1.29 is 14.7 Å². The van der Waals surface area contributed by atoms with Gasteiger partial charge in [0.1, 0.15) is 0 Å². The number of carboxylic acid groups (broad SMARTS) is 1. The van der Waals surface area contributed by atoms with Gasteiger partial charge in [0.25, 0.3) is 0 Å². The molecule has 0 bridgehead atoms. The third-order valence-electron chi connectivity index (χ3n) is 6.02. The van der Waals surface area contributed by atoms with Crippen LogP contribution in [-0.4, -0.2) is 50.1 Å². The SMILES string of the molecule is CC(=O)N(C)C(=S)N1Cc2c(c3ccccc3n2Cc2ccc(C(=O)O)cc2)C(C)C1. The Kier molecular flexibility index (Phi) is 5.54. The first-order valence-electron chi connectivity index (χ1n) is 10.2. The van der Waals surface area contributed by atoms with Gasteiger partial charge in [-0.25, -0.2) is 4.79 Å². The Hall–Kier alpha value is -3.19. The highest BCUT2D eigenvalue weighted by molar-refractivity contribution is 7.80. The zero-order valence-electron chi connectivity index (χ0n) is 17.8. The molecule has 4 rings (SSSR count). The monoisotopic (exact) mass is 435 g/mol. The number of rotatable bonds is 3. The maximum atomic E-state index is 11.8. The van der Waals surface area contributed by atoms with E-state index in [0.717, 1.165) is 17.6 Å². The van der Waals surface area contributed by atoms with Gasteiger partial charge in [0.05, 0.1) is 12.1 Å². The molecule has 0 saturated heterocycles. The van der Waals surface area contributed by atoms with E-state index in [4.69, 9.17) is 12.2 Å². The van der Waals surface area contributed by atoms with Crippen molar-refractivity contribution in [3.05, 3.63) is 70.9 Å². The molecule has 31 heavy (non-hydrogen) atoms. The van der Waals surface area contributed by atoms with E-state index >= 15 is 0 Å². The molecule has 1 N–H and O–H groups in total. The number of nitrogens with zero attached hydrogens (tertiary/aromatic N) is 3. The molecule has 2 aromatic carbocycles. The molecule has 2 heterocycles. The van der Waals surface area contributed by atoms with Crippen LogP contribution in [0.3, 0.4) is 0 Å². The Labute approximate surface area is 186 Å². The highest BCUT2D eigenvalue weighted by Gasteiger charge is 2.31. The number of aromatic carboxylic acids is 1. The van der Waals surface area contributed by atoms with Crippen molar-refractivity contribution in [3.8, 4) is 0 Å². The molecule has 160 valence electrons. The Bertz CT molecular complexity index is 1180. The van der Waals surface area contributed by atoms with Crippen molar-refractivity contribution in [1.29, 1.82) is 0 Å². The number of aromatic nitrogens is 1. The molecule has 1 aliphatic rings. The van der Waals surface area contributed by atoms with E-state index < -0.39 is 5.97 Å². The van der Waals surface area contributed by atoms with Crippen molar-refractivity contribution in [2.24, 2.45) is 0 Å². The van der Waals surface area contributed by atoms with Gasteiger partial charge in [-0.3, -0.25) is 9.69 Å². The second-order valence-electron chi connectivity index (χ2n) is 8.11. The number of benzene rings is 2. The minimum Gasteiger partial charge on any atom is -0.478 e. The summed E-state index contributed by atoms with van der Waals surface area (Å²) in [6, 6.07) is 15.4. The van der Waals surface area contributed by atoms with Gasteiger partial charge >= 0.3 is 5.97 Å². The fourth-order valence-corrected chi connectivity index (χ4v) is 4.65. The van der Waals surface area contributed by atoms with Gasteiger partial charge in [0, 0.05) is 49.6 Å². The Morgan fingerprint density at radius 2 is 1.84 bits per heavy atom. The summed E-state index contributed by atoms with van der Waals surface area (Å²) >= 11 is 5.61. The first-order chi connectivity index (χ1) is 14.8. The first-order valence-corrected chi connectivity index (χ1v) is 10.6. The molecule has 0 saturated carbocycles. The maximum absolute atomic E-state index is 11.8. The summed E-state index contributed by atoms with van der Waals surface area (Å²) in [5.74, 6) is -0.756.